The Morgan fingerprint density at radius 3 is 3.00 bits per heavy atom. The van der Waals surface area contributed by atoms with Crippen LogP contribution in [0.25, 0.3) is 0 Å². The molecule has 1 aliphatic rings. The molecule has 0 aromatic carbocycles. The van der Waals surface area contributed by atoms with Gasteiger partial charge in [-0.2, -0.15) is 0 Å². The summed E-state index contributed by atoms with van der Waals surface area (Å²) < 4.78 is 0. The van der Waals surface area contributed by atoms with Crippen LogP contribution in [0.3, 0.4) is 0 Å². The normalized spacial score (nSPS) is 19.8. The quantitative estimate of drug-likeness (QED) is 0.943. The van der Waals surface area contributed by atoms with Crippen molar-refractivity contribution in [3.8, 4) is 0 Å². The van der Waals surface area contributed by atoms with Crippen molar-refractivity contribution in [2.24, 2.45) is 5.73 Å². The second-order valence-corrected chi connectivity index (χ2v) is 6.63. The summed E-state index contributed by atoms with van der Waals surface area (Å²) in [5.74, 6) is 1.07. The molecule has 4 heteroatoms. The number of nitrogens with two attached hydrogens (primary N) is 1. The van der Waals surface area contributed by atoms with Gasteiger partial charge in [-0.3, -0.25) is 0 Å². The van der Waals surface area contributed by atoms with E-state index >= 15 is 0 Å². The first-order valence-corrected chi connectivity index (χ1v) is 8.06. The maximum absolute atomic E-state index is 5.83. The lowest BCUT2D eigenvalue weighted by molar-refractivity contribution is 0.624. The third-order valence-electron chi connectivity index (χ3n) is 3.94. The minimum Gasteiger partial charge on any atom is -0.349 e. The van der Waals surface area contributed by atoms with Gasteiger partial charge in [0.1, 0.15) is 5.82 Å². The van der Waals surface area contributed by atoms with Gasteiger partial charge in [-0.25, -0.2) is 4.98 Å². The zero-order chi connectivity index (χ0) is 14.1. The van der Waals surface area contributed by atoms with Gasteiger partial charge in [0.25, 0.3) is 0 Å². The number of hydrogen-bond donors (Lipinski definition) is 1. The zero-order valence-electron chi connectivity index (χ0n) is 12.0. The lowest BCUT2D eigenvalue weighted by Gasteiger charge is -2.34. The van der Waals surface area contributed by atoms with Crippen molar-refractivity contribution in [3.05, 3.63) is 45.8 Å². The molecule has 0 saturated carbocycles. The Morgan fingerprint density at radius 1 is 1.45 bits per heavy atom. The van der Waals surface area contributed by atoms with E-state index in [1.807, 2.05) is 24.5 Å². The molecule has 2 N–H and O–H groups in total. The van der Waals surface area contributed by atoms with Crippen LogP contribution in [0.5, 0.6) is 0 Å². The number of anilines is 1. The Balaban J connectivity index is 1.80. The highest BCUT2D eigenvalue weighted by Crippen LogP contribution is 2.35. The minimum atomic E-state index is 0.185. The van der Waals surface area contributed by atoms with E-state index in [1.165, 1.54) is 16.0 Å². The largest absolute Gasteiger partial charge is 0.349 e. The summed E-state index contributed by atoms with van der Waals surface area (Å²) in [6, 6.07) is 7.13. The molecule has 0 saturated heterocycles. The maximum Gasteiger partial charge on any atom is 0.128 e. The molecular formula is C16H21N3S. The van der Waals surface area contributed by atoms with Crippen LogP contribution < -0.4 is 10.6 Å². The molecule has 2 aromatic rings. The fourth-order valence-corrected chi connectivity index (χ4v) is 3.86. The number of thiophene rings is 1. The third kappa shape index (κ3) is 2.58. The molecule has 0 amide bonds. The molecule has 3 heterocycles. The van der Waals surface area contributed by atoms with E-state index < -0.39 is 0 Å². The van der Waals surface area contributed by atoms with Gasteiger partial charge in [0.2, 0.25) is 0 Å². The van der Waals surface area contributed by atoms with Crippen molar-refractivity contribution >= 4 is 17.2 Å². The maximum atomic E-state index is 5.83. The van der Waals surface area contributed by atoms with Crippen LogP contribution in [0, 0.1) is 0 Å². The highest BCUT2D eigenvalue weighted by molar-refractivity contribution is 7.10. The molecule has 0 fully saturated rings. The Labute approximate surface area is 124 Å². The van der Waals surface area contributed by atoms with Gasteiger partial charge in [-0.1, -0.05) is 6.07 Å². The molecule has 2 unspecified atom stereocenters. The van der Waals surface area contributed by atoms with Crippen molar-refractivity contribution in [1.29, 1.82) is 0 Å². The fourth-order valence-electron chi connectivity index (χ4n) is 2.90. The third-order valence-corrected chi connectivity index (χ3v) is 4.93. The monoisotopic (exact) mass is 287 g/mol. The van der Waals surface area contributed by atoms with Crippen molar-refractivity contribution in [3.63, 3.8) is 0 Å². The summed E-state index contributed by atoms with van der Waals surface area (Å²) in [6.07, 6.45) is 3.98. The second-order valence-electron chi connectivity index (χ2n) is 5.62. The summed E-state index contributed by atoms with van der Waals surface area (Å²) >= 11 is 1.87. The zero-order valence-corrected chi connectivity index (χ0v) is 12.9. The summed E-state index contributed by atoms with van der Waals surface area (Å²) in [5.41, 5.74) is 8.51. The summed E-state index contributed by atoms with van der Waals surface area (Å²) in [6.45, 7) is 5.34. The topological polar surface area (TPSA) is 42.1 Å². The molecule has 2 aromatic heterocycles. The van der Waals surface area contributed by atoms with Crippen molar-refractivity contribution in [1.82, 2.24) is 4.98 Å². The molecule has 0 aliphatic carbocycles. The average molecular weight is 287 g/mol. The molecule has 0 bridgehead atoms. The SMILES string of the molecule is CC(N)Cc1ccc(N2CCc3sccc3C2C)nc1. The van der Waals surface area contributed by atoms with E-state index in [0.717, 1.165) is 25.2 Å². The van der Waals surface area contributed by atoms with Crippen LogP contribution in [0.4, 0.5) is 5.82 Å². The van der Waals surface area contributed by atoms with Gasteiger partial charge in [-0.15, -0.1) is 11.3 Å². The number of aromatic nitrogens is 1. The van der Waals surface area contributed by atoms with Crippen LogP contribution in [-0.2, 0) is 12.8 Å². The molecular weight excluding hydrogens is 266 g/mol. The number of nitrogens with zero attached hydrogens (tertiary/aromatic N) is 2. The summed E-state index contributed by atoms with van der Waals surface area (Å²) in [7, 11) is 0. The van der Waals surface area contributed by atoms with Crippen LogP contribution >= 0.6 is 11.3 Å². The lowest BCUT2D eigenvalue weighted by Crippen LogP contribution is -2.33. The highest BCUT2D eigenvalue weighted by atomic mass is 32.1. The summed E-state index contributed by atoms with van der Waals surface area (Å²) in [4.78, 5) is 8.56. The average Bonchev–Trinajstić information content (AvgIpc) is 2.89. The smallest absolute Gasteiger partial charge is 0.128 e. The number of fused-ring (bicyclic) bond motifs is 1. The van der Waals surface area contributed by atoms with E-state index in [0.29, 0.717) is 6.04 Å². The van der Waals surface area contributed by atoms with Crippen molar-refractivity contribution in [2.45, 2.75) is 38.8 Å². The molecule has 0 spiro atoms. The van der Waals surface area contributed by atoms with E-state index in [4.69, 9.17) is 5.73 Å². The molecule has 3 nitrogen and oxygen atoms in total. The van der Waals surface area contributed by atoms with E-state index in [2.05, 4.69) is 40.4 Å². The fraction of sp³-hybridized carbons (Fsp3) is 0.438. The Hall–Kier alpha value is -1.39. The Morgan fingerprint density at radius 2 is 2.30 bits per heavy atom. The van der Waals surface area contributed by atoms with Crippen LogP contribution in [0.2, 0.25) is 0 Å². The van der Waals surface area contributed by atoms with Gasteiger partial charge in [-0.05, 0) is 55.3 Å². The first kappa shape index (κ1) is 13.6. The number of rotatable bonds is 3. The van der Waals surface area contributed by atoms with E-state index in [1.54, 1.807) is 0 Å². The van der Waals surface area contributed by atoms with Gasteiger partial charge in [0, 0.05) is 23.7 Å². The minimum absolute atomic E-state index is 0.185. The standard InChI is InChI=1S/C16H21N3S/c1-11(17)9-13-3-4-16(18-10-13)19-7-5-15-14(12(19)2)6-8-20-15/h3-4,6,8,10-12H,5,7,9,17H2,1-2H3. The number of pyridine rings is 1. The molecule has 1 aliphatic heterocycles. The van der Waals surface area contributed by atoms with Gasteiger partial charge < -0.3 is 10.6 Å². The number of hydrogen-bond acceptors (Lipinski definition) is 4. The van der Waals surface area contributed by atoms with E-state index in [-0.39, 0.29) is 6.04 Å². The molecule has 20 heavy (non-hydrogen) atoms. The van der Waals surface area contributed by atoms with Crippen molar-refractivity contribution < 1.29 is 0 Å². The lowest BCUT2D eigenvalue weighted by atomic mass is 10.0. The highest BCUT2D eigenvalue weighted by Gasteiger charge is 2.25. The molecule has 106 valence electrons. The van der Waals surface area contributed by atoms with Gasteiger partial charge in [0.15, 0.2) is 0 Å². The predicted molar refractivity (Wildman–Crippen MR) is 85.4 cm³/mol. The Bertz CT molecular complexity index is 574. The van der Waals surface area contributed by atoms with Gasteiger partial charge >= 0.3 is 0 Å². The first-order chi connectivity index (χ1) is 9.65. The predicted octanol–water partition coefficient (Wildman–Crippen LogP) is 3.16. The molecule has 2 atom stereocenters. The van der Waals surface area contributed by atoms with Crippen LogP contribution in [0.15, 0.2) is 29.8 Å². The van der Waals surface area contributed by atoms with Crippen LogP contribution in [-0.4, -0.2) is 17.6 Å². The Kier molecular flexibility index (Phi) is 3.76. The first-order valence-electron chi connectivity index (χ1n) is 7.18. The van der Waals surface area contributed by atoms with Gasteiger partial charge in [0.05, 0.1) is 6.04 Å². The summed E-state index contributed by atoms with van der Waals surface area (Å²) in [5, 5.41) is 2.20. The molecule has 3 rings (SSSR count). The van der Waals surface area contributed by atoms with E-state index in [9.17, 15) is 0 Å². The second kappa shape index (κ2) is 5.54. The molecule has 0 radical (unpaired) electrons. The van der Waals surface area contributed by atoms with Crippen LogP contribution in [0.1, 0.15) is 35.9 Å². The van der Waals surface area contributed by atoms with Crippen molar-refractivity contribution in [2.75, 3.05) is 11.4 Å².